The molecular weight excluding hydrogens is 378 g/mol. The van der Waals surface area contributed by atoms with E-state index in [-0.39, 0.29) is 12.4 Å². The summed E-state index contributed by atoms with van der Waals surface area (Å²) in [6.45, 7) is 2.25. The number of hydrogen-bond acceptors (Lipinski definition) is 3. The zero-order valence-corrected chi connectivity index (χ0v) is 16.7. The van der Waals surface area contributed by atoms with Gasteiger partial charge in [-0.15, -0.1) is 23.7 Å². The molecule has 0 fully saturated rings. The second kappa shape index (κ2) is 8.93. The highest BCUT2D eigenvalue weighted by atomic mass is 35.5. The quantitative estimate of drug-likeness (QED) is 0.643. The van der Waals surface area contributed by atoms with Gasteiger partial charge in [-0.2, -0.15) is 0 Å². The first-order valence-corrected chi connectivity index (χ1v) is 9.50. The molecule has 1 aliphatic rings. The summed E-state index contributed by atoms with van der Waals surface area (Å²) in [5, 5.41) is 5.60. The maximum absolute atomic E-state index is 5.53. The van der Waals surface area contributed by atoms with Crippen LogP contribution in [0.2, 0.25) is 0 Å². The number of guanidine groups is 1. The molecule has 0 spiro atoms. The number of nitrogens with one attached hydrogen (secondary N) is 1. The van der Waals surface area contributed by atoms with Crippen molar-refractivity contribution in [1.29, 1.82) is 0 Å². The topological polar surface area (TPSA) is 36.9 Å². The molecule has 1 aromatic heterocycles. The van der Waals surface area contributed by atoms with Gasteiger partial charge in [-0.3, -0.25) is 0 Å². The summed E-state index contributed by atoms with van der Waals surface area (Å²) in [5.41, 5.74) is 3.56. The molecular formula is C21H22ClN3OS. The first-order valence-electron chi connectivity index (χ1n) is 8.62. The number of benzene rings is 2. The van der Waals surface area contributed by atoms with Crippen LogP contribution in [-0.2, 0) is 19.6 Å². The summed E-state index contributed by atoms with van der Waals surface area (Å²) in [6.07, 6.45) is 0. The number of anilines is 1. The molecule has 0 saturated carbocycles. The summed E-state index contributed by atoms with van der Waals surface area (Å²) in [6, 6.07) is 20.7. The fourth-order valence-corrected chi connectivity index (χ4v) is 3.75. The Kier molecular flexibility index (Phi) is 6.37. The van der Waals surface area contributed by atoms with Gasteiger partial charge in [-0.05, 0) is 29.1 Å². The van der Waals surface area contributed by atoms with Gasteiger partial charge in [0.05, 0.1) is 13.7 Å². The van der Waals surface area contributed by atoms with Crippen LogP contribution in [0.5, 0.6) is 5.75 Å². The maximum Gasteiger partial charge on any atom is 0.199 e. The van der Waals surface area contributed by atoms with Crippen LogP contribution in [0.1, 0.15) is 16.0 Å². The fraction of sp³-hybridized carbons (Fsp3) is 0.190. The molecule has 0 aliphatic carbocycles. The average Bonchev–Trinajstić information content (AvgIpc) is 3.20. The molecule has 4 nitrogen and oxygen atoms in total. The van der Waals surface area contributed by atoms with E-state index in [4.69, 9.17) is 9.73 Å². The molecule has 0 bridgehead atoms. The Hall–Kier alpha value is -2.50. The predicted octanol–water partition coefficient (Wildman–Crippen LogP) is 5.16. The number of rotatable bonds is 5. The first kappa shape index (κ1) is 19.3. The number of hydrogen-bond donors (Lipinski definition) is 1. The summed E-state index contributed by atoms with van der Waals surface area (Å²) in [4.78, 5) is 8.39. The van der Waals surface area contributed by atoms with Crippen molar-refractivity contribution in [2.24, 2.45) is 4.99 Å². The van der Waals surface area contributed by atoms with Crippen LogP contribution < -0.4 is 10.1 Å². The molecule has 2 aromatic carbocycles. The van der Waals surface area contributed by atoms with Crippen LogP contribution in [0.3, 0.4) is 0 Å². The summed E-state index contributed by atoms with van der Waals surface area (Å²) >= 11 is 1.74. The van der Waals surface area contributed by atoms with Crippen molar-refractivity contribution >= 4 is 35.4 Å². The van der Waals surface area contributed by atoms with Crippen LogP contribution in [0.25, 0.3) is 0 Å². The molecule has 0 amide bonds. The first-order chi connectivity index (χ1) is 12.8. The zero-order chi connectivity index (χ0) is 17.8. The Morgan fingerprint density at radius 2 is 1.89 bits per heavy atom. The van der Waals surface area contributed by atoms with Crippen molar-refractivity contribution in [2.45, 2.75) is 19.6 Å². The molecule has 0 saturated heterocycles. The van der Waals surface area contributed by atoms with Gasteiger partial charge >= 0.3 is 0 Å². The predicted molar refractivity (Wildman–Crippen MR) is 115 cm³/mol. The van der Waals surface area contributed by atoms with Crippen molar-refractivity contribution in [3.05, 3.63) is 82.0 Å². The van der Waals surface area contributed by atoms with Gasteiger partial charge in [-0.25, -0.2) is 4.99 Å². The van der Waals surface area contributed by atoms with E-state index in [9.17, 15) is 0 Å². The van der Waals surface area contributed by atoms with E-state index in [2.05, 4.69) is 58.1 Å². The van der Waals surface area contributed by atoms with Gasteiger partial charge in [0.1, 0.15) is 5.75 Å². The molecule has 6 heteroatoms. The van der Waals surface area contributed by atoms with Gasteiger partial charge in [-0.1, -0.05) is 42.5 Å². The highest BCUT2D eigenvalue weighted by Crippen LogP contribution is 2.27. The van der Waals surface area contributed by atoms with Crippen molar-refractivity contribution in [3.8, 4) is 5.75 Å². The van der Waals surface area contributed by atoms with Crippen LogP contribution in [0, 0.1) is 0 Å². The highest BCUT2D eigenvalue weighted by molar-refractivity contribution is 7.09. The van der Waals surface area contributed by atoms with E-state index >= 15 is 0 Å². The summed E-state index contributed by atoms with van der Waals surface area (Å²) < 4.78 is 5.53. The second-order valence-corrected chi connectivity index (χ2v) is 7.20. The normalized spacial score (nSPS) is 14.3. The SMILES string of the molecule is COc1ccccc1CN1Cc2ccccc2NC1=NCc1cccs1.Cl. The molecule has 2 heterocycles. The number of nitrogens with zero attached hydrogens (tertiary/aromatic N) is 2. The van der Waals surface area contributed by atoms with Gasteiger partial charge in [0.25, 0.3) is 0 Å². The lowest BCUT2D eigenvalue weighted by molar-refractivity contribution is 0.371. The maximum atomic E-state index is 5.53. The van der Waals surface area contributed by atoms with Crippen molar-refractivity contribution < 1.29 is 4.74 Å². The number of para-hydroxylation sites is 2. The smallest absolute Gasteiger partial charge is 0.199 e. The summed E-state index contributed by atoms with van der Waals surface area (Å²) in [7, 11) is 1.72. The Bertz CT molecular complexity index is 911. The monoisotopic (exact) mass is 399 g/mol. The lowest BCUT2D eigenvalue weighted by Crippen LogP contribution is -2.39. The molecule has 4 rings (SSSR count). The van der Waals surface area contributed by atoms with Gasteiger partial charge in [0.2, 0.25) is 0 Å². The number of fused-ring (bicyclic) bond motifs is 1. The number of methoxy groups -OCH3 is 1. The standard InChI is InChI=1S/C21H21N3OS.ClH/c1-25-20-11-5-3-8-17(20)15-24-14-16-7-2-4-10-19(16)23-21(24)22-13-18-9-6-12-26-18;/h2-12H,13-15H2,1H3,(H,22,23);1H. The third-order valence-electron chi connectivity index (χ3n) is 4.44. The van der Waals surface area contributed by atoms with E-state index in [1.807, 2.05) is 18.2 Å². The Balaban J connectivity index is 0.00000210. The van der Waals surface area contributed by atoms with Gasteiger partial charge in [0, 0.05) is 29.2 Å². The van der Waals surface area contributed by atoms with E-state index in [0.717, 1.165) is 36.0 Å². The Morgan fingerprint density at radius 3 is 2.70 bits per heavy atom. The highest BCUT2D eigenvalue weighted by Gasteiger charge is 2.21. The Morgan fingerprint density at radius 1 is 1.07 bits per heavy atom. The third kappa shape index (κ3) is 4.43. The fourth-order valence-electron chi connectivity index (χ4n) is 3.13. The molecule has 1 aliphatic heterocycles. The minimum atomic E-state index is 0. The van der Waals surface area contributed by atoms with Crippen molar-refractivity contribution in [2.75, 3.05) is 12.4 Å². The molecule has 27 heavy (non-hydrogen) atoms. The van der Waals surface area contributed by atoms with Gasteiger partial charge < -0.3 is 15.0 Å². The van der Waals surface area contributed by atoms with E-state index in [1.54, 1.807) is 18.4 Å². The van der Waals surface area contributed by atoms with Crippen LogP contribution >= 0.6 is 23.7 Å². The second-order valence-electron chi connectivity index (χ2n) is 6.17. The van der Waals surface area contributed by atoms with Gasteiger partial charge in [0.15, 0.2) is 5.96 Å². The number of halogens is 1. The minimum Gasteiger partial charge on any atom is -0.496 e. The molecule has 1 N–H and O–H groups in total. The van der Waals surface area contributed by atoms with E-state index in [0.29, 0.717) is 6.54 Å². The van der Waals surface area contributed by atoms with E-state index in [1.165, 1.54) is 10.4 Å². The summed E-state index contributed by atoms with van der Waals surface area (Å²) in [5.74, 6) is 1.81. The zero-order valence-electron chi connectivity index (χ0n) is 15.1. The number of ether oxygens (including phenoxy) is 1. The third-order valence-corrected chi connectivity index (χ3v) is 5.30. The van der Waals surface area contributed by atoms with Crippen LogP contribution in [-0.4, -0.2) is 18.0 Å². The number of thiophene rings is 1. The van der Waals surface area contributed by atoms with Crippen molar-refractivity contribution in [1.82, 2.24) is 4.90 Å². The average molecular weight is 400 g/mol. The molecule has 0 unspecified atom stereocenters. The molecule has 140 valence electrons. The lowest BCUT2D eigenvalue weighted by Gasteiger charge is -2.33. The van der Waals surface area contributed by atoms with E-state index < -0.39 is 0 Å². The molecule has 0 atom stereocenters. The minimum absolute atomic E-state index is 0. The number of aliphatic imine (C=N–C) groups is 1. The van der Waals surface area contributed by atoms with Crippen LogP contribution in [0.4, 0.5) is 5.69 Å². The molecule has 0 radical (unpaired) electrons. The Labute approximate surface area is 169 Å². The lowest BCUT2D eigenvalue weighted by atomic mass is 10.1. The van der Waals surface area contributed by atoms with Crippen LogP contribution in [0.15, 0.2) is 71.0 Å². The van der Waals surface area contributed by atoms with Crippen molar-refractivity contribution in [3.63, 3.8) is 0 Å². The largest absolute Gasteiger partial charge is 0.496 e. The molecule has 3 aromatic rings.